The van der Waals surface area contributed by atoms with Crippen molar-refractivity contribution in [3.05, 3.63) is 12.7 Å². The third-order valence-electron chi connectivity index (χ3n) is 2.73. The van der Waals surface area contributed by atoms with Gasteiger partial charge in [0.2, 0.25) is 0 Å². The third-order valence-corrected chi connectivity index (χ3v) is 2.73. The lowest BCUT2D eigenvalue weighted by Gasteiger charge is -2.10. The quantitative estimate of drug-likeness (QED) is 0.318. The first-order valence-electron chi connectivity index (χ1n) is 6.49. The number of carbonyl (C=O) groups is 1. The van der Waals surface area contributed by atoms with Crippen LogP contribution in [0.15, 0.2) is 12.7 Å². The lowest BCUT2D eigenvalue weighted by Crippen LogP contribution is -2.09. The molecule has 0 saturated heterocycles. The zero-order chi connectivity index (χ0) is 12.2. The molecule has 0 aliphatic rings. The Morgan fingerprint density at radius 2 is 1.88 bits per heavy atom. The Hall–Kier alpha value is -0.790. The zero-order valence-corrected chi connectivity index (χ0v) is 10.8. The second kappa shape index (κ2) is 10.7. The lowest BCUT2D eigenvalue weighted by atomic mass is 10.0. The van der Waals surface area contributed by atoms with Crippen molar-refractivity contribution in [3.8, 4) is 0 Å². The molecule has 2 heteroatoms. The summed E-state index contributed by atoms with van der Waals surface area (Å²) < 4.78 is 4.99. The van der Waals surface area contributed by atoms with Gasteiger partial charge in [-0.2, -0.15) is 0 Å². The van der Waals surface area contributed by atoms with Crippen LogP contribution in [0.3, 0.4) is 0 Å². The van der Waals surface area contributed by atoms with E-state index >= 15 is 0 Å². The molecule has 0 fully saturated rings. The fourth-order valence-electron chi connectivity index (χ4n) is 1.64. The second-order valence-corrected chi connectivity index (χ2v) is 4.50. The number of hydrogen-bond acceptors (Lipinski definition) is 2. The Labute approximate surface area is 100 Å². The maximum atomic E-state index is 10.8. The Balaban J connectivity index is 3.26. The van der Waals surface area contributed by atoms with Gasteiger partial charge in [-0.1, -0.05) is 59.0 Å². The van der Waals surface area contributed by atoms with Gasteiger partial charge in [0.05, 0.1) is 6.61 Å². The third kappa shape index (κ3) is 9.75. The molecule has 0 saturated carbocycles. The van der Waals surface area contributed by atoms with Gasteiger partial charge >= 0.3 is 5.97 Å². The van der Waals surface area contributed by atoms with Crippen LogP contribution in [0.25, 0.3) is 0 Å². The van der Waals surface area contributed by atoms with Crippen LogP contribution < -0.4 is 0 Å². The van der Waals surface area contributed by atoms with E-state index < -0.39 is 0 Å². The van der Waals surface area contributed by atoms with Gasteiger partial charge in [-0.15, -0.1) is 0 Å². The minimum Gasteiger partial charge on any atom is -0.462 e. The molecule has 0 spiro atoms. The first-order valence-corrected chi connectivity index (χ1v) is 6.49. The van der Waals surface area contributed by atoms with E-state index in [-0.39, 0.29) is 5.97 Å². The molecule has 1 atom stereocenters. The van der Waals surface area contributed by atoms with Crippen molar-refractivity contribution in [1.82, 2.24) is 0 Å². The number of hydrogen-bond donors (Lipinski definition) is 0. The maximum Gasteiger partial charge on any atom is 0.330 e. The van der Waals surface area contributed by atoms with Crippen molar-refractivity contribution in [1.29, 1.82) is 0 Å². The molecule has 0 N–H and O–H groups in total. The highest BCUT2D eigenvalue weighted by atomic mass is 16.5. The van der Waals surface area contributed by atoms with Crippen molar-refractivity contribution >= 4 is 5.97 Å². The topological polar surface area (TPSA) is 26.3 Å². The van der Waals surface area contributed by atoms with Gasteiger partial charge in [0.1, 0.15) is 0 Å². The van der Waals surface area contributed by atoms with Crippen LogP contribution in [0.1, 0.15) is 58.8 Å². The van der Waals surface area contributed by atoms with E-state index in [1.54, 1.807) is 0 Å². The number of unbranched alkanes of at least 4 members (excludes halogenated alkanes) is 5. The summed E-state index contributed by atoms with van der Waals surface area (Å²) in [5, 5.41) is 0. The molecular formula is C14H26O2. The van der Waals surface area contributed by atoms with Crippen LogP contribution in [0, 0.1) is 5.92 Å². The predicted octanol–water partition coefficient (Wildman–Crippen LogP) is 4.10. The van der Waals surface area contributed by atoms with Crippen molar-refractivity contribution < 1.29 is 9.53 Å². The molecule has 0 rings (SSSR count). The number of carbonyl (C=O) groups excluding carboxylic acids is 1. The average molecular weight is 226 g/mol. The van der Waals surface area contributed by atoms with Crippen LogP contribution in [0.5, 0.6) is 0 Å². The van der Waals surface area contributed by atoms with E-state index in [1.165, 1.54) is 44.6 Å². The summed E-state index contributed by atoms with van der Waals surface area (Å²) in [4.78, 5) is 10.8. The fourth-order valence-corrected chi connectivity index (χ4v) is 1.64. The molecule has 94 valence electrons. The summed E-state index contributed by atoms with van der Waals surface area (Å²) in [5.74, 6) is 0.157. The molecule has 0 aromatic carbocycles. The average Bonchev–Trinajstić information content (AvgIpc) is 2.30. The Kier molecular flexibility index (Phi) is 10.2. The fraction of sp³-hybridized carbons (Fsp3) is 0.786. The highest BCUT2D eigenvalue weighted by Crippen LogP contribution is 2.12. The van der Waals surface area contributed by atoms with Crippen LogP contribution in [0.2, 0.25) is 0 Å². The van der Waals surface area contributed by atoms with Crippen molar-refractivity contribution in [2.24, 2.45) is 5.92 Å². The summed E-state index contributed by atoms with van der Waals surface area (Å²) in [5.41, 5.74) is 0. The molecule has 0 aliphatic heterocycles. The molecule has 0 bridgehead atoms. The lowest BCUT2D eigenvalue weighted by molar-refractivity contribution is -0.138. The molecule has 0 heterocycles. The minimum absolute atomic E-state index is 0.310. The standard InChI is InChI=1S/C14H26O2/c1-4-6-7-8-9-10-11-13(3)12-16-14(15)5-2/h5,13H,2,4,6-12H2,1,3H3. The van der Waals surface area contributed by atoms with E-state index in [0.717, 1.165) is 6.42 Å². The second-order valence-electron chi connectivity index (χ2n) is 4.50. The molecule has 2 nitrogen and oxygen atoms in total. The van der Waals surface area contributed by atoms with Gasteiger partial charge in [-0.3, -0.25) is 0 Å². The summed E-state index contributed by atoms with van der Waals surface area (Å²) in [7, 11) is 0. The zero-order valence-electron chi connectivity index (χ0n) is 10.8. The maximum absolute atomic E-state index is 10.8. The first kappa shape index (κ1) is 15.2. The Morgan fingerprint density at radius 3 is 2.50 bits per heavy atom. The Bertz CT molecular complexity index is 187. The van der Waals surface area contributed by atoms with Crippen LogP contribution in [-0.2, 0) is 9.53 Å². The van der Waals surface area contributed by atoms with E-state index in [0.29, 0.717) is 12.5 Å². The molecule has 0 radical (unpaired) electrons. The van der Waals surface area contributed by atoms with Gasteiger partial charge in [-0.25, -0.2) is 4.79 Å². The minimum atomic E-state index is -0.310. The van der Waals surface area contributed by atoms with Gasteiger partial charge in [0.15, 0.2) is 0 Å². The highest BCUT2D eigenvalue weighted by molar-refractivity contribution is 5.81. The predicted molar refractivity (Wildman–Crippen MR) is 68.3 cm³/mol. The van der Waals surface area contributed by atoms with Crippen LogP contribution in [0.4, 0.5) is 0 Å². The summed E-state index contributed by atoms with van der Waals surface area (Å²) in [6.07, 6.45) is 10.3. The van der Waals surface area contributed by atoms with Crippen LogP contribution >= 0.6 is 0 Å². The number of ether oxygens (including phenoxy) is 1. The smallest absolute Gasteiger partial charge is 0.330 e. The summed E-state index contributed by atoms with van der Waals surface area (Å²) in [6, 6.07) is 0. The number of rotatable bonds is 10. The van der Waals surface area contributed by atoms with Gasteiger partial charge in [0.25, 0.3) is 0 Å². The van der Waals surface area contributed by atoms with Gasteiger partial charge in [-0.05, 0) is 12.3 Å². The molecule has 16 heavy (non-hydrogen) atoms. The Morgan fingerprint density at radius 1 is 1.25 bits per heavy atom. The molecular weight excluding hydrogens is 200 g/mol. The SMILES string of the molecule is C=CC(=O)OCC(C)CCCCCCCC. The van der Waals surface area contributed by atoms with Crippen molar-refractivity contribution in [2.75, 3.05) is 6.61 Å². The largest absolute Gasteiger partial charge is 0.462 e. The highest BCUT2D eigenvalue weighted by Gasteiger charge is 2.04. The van der Waals surface area contributed by atoms with E-state index in [9.17, 15) is 4.79 Å². The van der Waals surface area contributed by atoms with Gasteiger partial charge in [0, 0.05) is 6.08 Å². The normalized spacial score (nSPS) is 12.1. The van der Waals surface area contributed by atoms with Crippen molar-refractivity contribution in [3.63, 3.8) is 0 Å². The molecule has 0 aromatic heterocycles. The number of esters is 1. The molecule has 0 aliphatic carbocycles. The molecule has 0 amide bonds. The summed E-state index contributed by atoms with van der Waals surface area (Å²) >= 11 is 0. The van der Waals surface area contributed by atoms with Crippen LogP contribution in [-0.4, -0.2) is 12.6 Å². The monoisotopic (exact) mass is 226 g/mol. The van der Waals surface area contributed by atoms with E-state index in [4.69, 9.17) is 4.74 Å². The van der Waals surface area contributed by atoms with E-state index in [1.807, 2.05) is 0 Å². The molecule has 0 aromatic rings. The van der Waals surface area contributed by atoms with Crippen molar-refractivity contribution in [2.45, 2.75) is 58.8 Å². The van der Waals surface area contributed by atoms with E-state index in [2.05, 4.69) is 20.4 Å². The summed E-state index contributed by atoms with van der Waals surface area (Å²) in [6.45, 7) is 8.26. The first-order chi connectivity index (χ1) is 7.70. The molecule has 1 unspecified atom stereocenters. The van der Waals surface area contributed by atoms with Gasteiger partial charge < -0.3 is 4.74 Å².